The van der Waals surface area contributed by atoms with Crippen LogP contribution in [0.1, 0.15) is 15.4 Å². The van der Waals surface area contributed by atoms with E-state index in [1.165, 1.54) is 18.4 Å². The normalized spacial score (nSPS) is 11.4. The summed E-state index contributed by atoms with van der Waals surface area (Å²) in [6.45, 7) is 0.371. The van der Waals surface area contributed by atoms with Gasteiger partial charge in [0.15, 0.2) is 5.69 Å². The summed E-state index contributed by atoms with van der Waals surface area (Å²) in [7, 11) is -3.65. The lowest BCUT2D eigenvalue weighted by Crippen LogP contribution is -2.25. The van der Waals surface area contributed by atoms with Crippen LogP contribution in [0.3, 0.4) is 0 Å². The predicted molar refractivity (Wildman–Crippen MR) is 68.2 cm³/mol. The number of nitrogens with two attached hydrogens (primary N) is 1. The Morgan fingerprint density at radius 1 is 1.42 bits per heavy atom. The fourth-order valence-electron chi connectivity index (χ4n) is 1.36. The van der Waals surface area contributed by atoms with E-state index >= 15 is 0 Å². The second-order valence-corrected chi connectivity index (χ2v) is 6.61. The molecule has 0 saturated carbocycles. The Kier molecular flexibility index (Phi) is 3.98. The van der Waals surface area contributed by atoms with Crippen LogP contribution in [0, 0.1) is 0 Å². The third-order valence-corrected chi connectivity index (χ3v) is 4.83. The minimum atomic E-state index is -3.65. The van der Waals surface area contributed by atoms with Crippen LogP contribution in [0.4, 0.5) is 0 Å². The van der Waals surface area contributed by atoms with Gasteiger partial charge in [0.25, 0.3) is 5.91 Å². The molecule has 0 aliphatic rings. The lowest BCUT2D eigenvalue weighted by molar-refractivity contribution is 0.0945. The number of nitrogens with zero attached hydrogens (tertiary/aromatic N) is 1. The smallest absolute Gasteiger partial charge is 0.273 e. The van der Waals surface area contributed by atoms with Gasteiger partial charge in [-0.3, -0.25) is 4.79 Å². The standard InChI is InChI=1S/C10H11N3O4S2/c11-19(15,16)9-2-1-7(18-9)3-5-12-10(14)8-4-6-17-13-8/h1-2,4,6H,3,5H2,(H,12,14)(H2,11,15,16). The number of rotatable bonds is 5. The zero-order valence-electron chi connectivity index (χ0n) is 9.70. The van der Waals surface area contributed by atoms with E-state index in [0.717, 1.165) is 16.2 Å². The number of amides is 1. The molecule has 0 saturated heterocycles. The monoisotopic (exact) mass is 301 g/mol. The number of thiophene rings is 1. The first-order valence-electron chi connectivity index (χ1n) is 5.27. The molecule has 0 fully saturated rings. The Balaban J connectivity index is 1.86. The largest absolute Gasteiger partial charge is 0.364 e. The fourth-order valence-corrected chi connectivity index (χ4v) is 3.14. The highest BCUT2D eigenvalue weighted by molar-refractivity contribution is 7.91. The highest BCUT2D eigenvalue weighted by Gasteiger charge is 2.12. The van der Waals surface area contributed by atoms with Crippen molar-refractivity contribution in [1.82, 2.24) is 10.5 Å². The van der Waals surface area contributed by atoms with Gasteiger partial charge in [0.05, 0.1) is 0 Å². The summed E-state index contributed by atoms with van der Waals surface area (Å²) in [5, 5.41) is 11.1. The van der Waals surface area contributed by atoms with Crippen molar-refractivity contribution in [3.8, 4) is 0 Å². The quantitative estimate of drug-likeness (QED) is 0.827. The molecule has 0 unspecified atom stereocenters. The van der Waals surface area contributed by atoms with E-state index in [-0.39, 0.29) is 15.8 Å². The number of carbonyl (C=O) groups is 1. The van der Waals surface area contributed by atoms with E-state index in [1.54, 1.807) is 6.07 Å². The molecule has 102 valence electrons. The molecule has 0 aromatic carbocycles. The molecule has 2 heterocycles. The van der Waals surface area contributed by atoms with E-state index < -0.39 is 10.0 Å². The molecule has 2 aromatic rings. The first-order chi connectivity index (χ1) is 8.97. The van der Waals surface area contributed by atoms with Crippen molar-refractivity contribution in [2.24, 2.45) is 5.14 Å². The van der Waals surface area contributed by atoms with Crippen LogP contribution < -0.4 is 10.5 Å². The number of nitrogens with one attached hydrogen (secondary N) is 1. The summed E-state index contributed by atoms with van der Waals surface area (Å²) < 4.78 is 26.8. The minimum absolute atomic E-state index is 0.116. The maximum absolute atomic E-state index is 11.5. The minimum Gasteiger partial charge on any atom is -0.364 e. The molecule has 1 amide bonds. The lowest BCUT2D eigenvalue weighted by Gasteiger charge is -2.00. The summed E-state index contributed by atoms with van der Waals surface area (Å²) in [5.41, 5.74) is 0.205. The van der Waals surface area contributed by atoms with Gasteiger partial charge in [-0.05, 0) is 18.6 Å². The van der Waals surface area contributed by atoms with Gasteiger partial charge in [0, 0.05) is 17.5 Å². The zero-order chi connectivity index (χ0) is 13.9. The van der Waals surface area contributed by atoms with Crippen LogP contribution in [-0.2, 0) is 16.4 Å². The number of hydrogen-bond acceptors (Lipinski definition) is 6. The zero-order valence-corrected chi connectivity index (χ0v) is 11.3. The van der Waals surface area contributed by atoms with Crippen molar-refractivity contribution < 1.29 is 17.7 Å². The number of carbonyl (C=O) groups excluding carboxylic acids is 1. The van der Waals surface area contributed by atoms with Gasteiger partial charge in [0.1, 0.15) is 10.5 Å². The molecular weight excluding hydrogens is 290 g/mol. The van der Waals surface area contributed by atoms with Gasteiger partial charge in [-0.1, -0.05) is 5.16 Å². The first kappa shape index (κ1) is 13.7. The lowest BCUT2D eigenvalue weighted by atomic mass is 10.3. The van der Waals surface area contributed by atoms with E-state index in [0.29, 0.717) is 13.0 Å². The average molecular weight is 301 g/mol. The highest BCUT2D eigenvalue weighted by Crippen LogP contribution is 2.20. The summed E-state index contributed by atoms with van der Waals surface area (Å²) in [4.78, 5) is 12.3. The third kappa shape index (κ3) is 3.63. The maximum atomic E-state index is 11.5. The second-order valence-electron chi connectivity index (χ2n) is 3.66. The van der Waals surface area contributed by atoms with Crippen molar-refractivity contribution in [2.75, 3.05) is 6.54 Å². The van der Waals surface area contributed by atoms with Crippen LogP contribution in [0.5, 0.6) is 0 Å². The molecule has 0 aliphatic heterocycles. The Labute approximate surface area is 113 Å². The number of primary sulfonamides is 1. The van der Waals surface area contributed by atoms with E-state index in [2.05, 4.69) is 15.0 Å². The second kappa shape index (κ2) is 5.51. The molecule has 0 radical (unpaired) electrons. The van der Waals surface area contributed by atoms with Crippen molar-refractivity contribution >= 4 is 27.3 Å². The van der Waals surface area contributed by atoms with Crippen LogP contribution in [0.2, 0.25) is 0 Å². The number of sulfonamides is 1. The van der Waals surface area contributed by atoms with Crippen LogP contribution in [0.25, 0.3) is 0 Å². The molecule has 7 nitrogen and oxygen atoms in total. The summed E-state index contributed by atoms with van der Waals surface area (Å²) in [6.07, 6.45) is 1.83. The number of aromatic nitrogens is 1. The number of hydrogen-bond donors (Lipinski definition) is 2. The van der Waals surface area contributed by atoms with Crippen molar-refractivity contribution in [2.45, 2.75) is 10.6 Å². The Morgan fingerprint density at radius 3 is 2.79 bits per heavy atom. The molecule has 0 spiro atoms. The Hall–Kier alpha value is -1.71. The van der Waals surface area contributed by atoms with Gasteiger partial charge in [-0.25, -0.2) is 13.6 Å². The molecule has 3 N–H and O–H groups in total. The van der Waals surface area contributed by atoms with Gasteiger partial charge in [-0.2, -0.15) is 0 Å². The molecule has 19 heavy (non-hydrogen) atoms. The summed E-state index contributed by atoms with van der Waals surface area (Å²) in [5.74, 6) is -0.336. The average Bonchev–Trinajstić information content (AvgIpc) is 2.99. The van der Waals surface area contributed by atoms with Crippen molar-refractivity contribution in [1.29, 1.82) is 0 Å². The Bertz CT molecular complexity index is 661. The molecule has 0 atom stereocenters. The van der Waals surface area contributed by atoms with E-state index in [1.807, 2.05) is 0 Å². The van der Waals surface area contributed by atoms with Gasteiger partial charge >= 0.3 is 0 Å². The molecule has 2 aromatic heterocycles. The van der Waals surface area contributed by atoms with Crippen LogP contribution >= 0.6 is 11.3 Å². The summed E-state index contributed by atoms with van der Waals surface area (Å²) in [6, 6.07) is 4.58. The van der Waals surface area contributed by atoms with Crippen molar-refractivity contribution in [3.05, 3.63) is 35.0 Å². The molecule has 9 heteroatoms. The molecule has 2 rings (SSSR count). The molecular formula is C10H11N3O4S2. The van der Waals surface area contributed by atoms with E-state index in [9.17, 15) is 13.2 Å². The summed E-state index contributed by atoms with van der Waals surface area (Å²) >= 11 is 1.09. The van der Waals surface area contributed by atoms with Gasteiger partial charge in [-0.15, -0.1) is 11.3 Å². The van der Waals surface area contributed by atoms with Crippen LogP contribution in [-0.4, -0.2) is 26.0 Å². The fraction of sp³-hybridized carbons (Fsp3) is 0.200. The first-order valence-corrected chi connectivity index (χ1v) is 7.63. The SMILES string of the molecule is NS(=O)(=O)c1ccc(CCNC(=O)c2ccon2)s1. The van der Waals surface area contributed by atoms with Gasteiger partial charge in [0.2, 0.25) is 10.0 Å². The molecule has 0 bridgehead atoms. The third-order valence-electron chi connectivity index (χ3n) is 2.24. The Morgan fingerprint density at radius 2 is 2.21 bits per heavy atom. The predicted octanol–water partition coefficient (Wildman–Crippen LogP) is 0.356. The van der Waals surface area contributed by atoms with Gasteiger partial charge < -0.3 is 9.84 Å². The topological polar surface area (TPSA) is 115 Å². The van der Waals surface area contributed by atoms with Crippen LogP contribution in [0.15, 0.2) is 33.2 Å². The molecule has 0 aliphatic carbocycles. The van der Waals surface area contributed by atoms with E-state index in [4.69, 9.17) is 5.14 Å². The highest BCUT2D eigenvalue weighted by atomic mass is 32.2. The van der Waals surface area contributed by atoms with Crippen molar-refractivity contribution in [3.63, 3.8) is 0 Å². The maximum Gasteiger partial charge on any atom is 0.273 e.